The summed E-state index contributed by atoms with van der Waals surface area (Å²) < 4.78 is 5.62. The number of hydrogen-bond donors (Lipinski definition) is 2. The second-order valence-electron chi connectivity index (χ2n) is 8.28. The molecule has 2 aromatic rings. The predicted molar refractivity (Wildman–Crippen MR) is 124 cm³/mol. The van der Waals surface area contributed by atoms with Crippen LogP contribution in [0.3, 0.4) is 0 Å². The molecule has 2 fully saturated rings. The average molecular weight is 478 g/mol. The second kappa shape index (κ2) is 11.0. The van der Waals surface area contributed by atoms with Crippen LogP contribution in [0.5, 0.6) is 0 Å². The Labute approximate surface area is 196 Å². The number of amides is 3. The van der Waals surface area contributed by atoms with Crippen LogP contribution in [0, 0.1) is 0 Å². The minimum absolute atomic E-state index is 0.0325. The van der Waals surface area contributed by atoms with Gasteiger partial charge in [-0.25, -0.2) is 4.79 Å². The predicted octanol–water partition coefficient (Wildman–Crippen LogP) is 4.11. The van der Waals surface area contributed by atoms with Crippen molar-refractivity contribution >= 4 is 35.3 Å². The summed E-state index contributed by atoms with van der Waals surface area (Å²) in [6.45, 7) is 1.31. The zero-order chi connectivity index (χ0) is 22.3. The molecule has 1 aliphatic carbocycles. The maximum Gasteiger partial charge on any atom is 0.317 e. The Bertz CT molecular complexity index is 909. The summed E-state index contributed by atoms with van der Waals surface area (Å²) in [6, 6.07) is 7.55. The van der Waals surface area contributed by atoms with E-state index in [4.69, 9.17) is 16.0 Å². The van der Waals surface area contributed by atoms with Gasteiger partial charge in [0.2, 0.25) is 11.8 Å². The van der Waals surface area contributed by atoms with Crippen molar-refractivity contribution < 1.29 is 14.0 Å². The van der Waals surface area contributed by atoms with Gasteiger partial charge in [-0.1, -0.05) is 42.6 Å². The molecule has 2 N–H and O–H groups in total. The number of carbonyl (C=O) groups is 2. The Hall–Kier alpha value is -2.26. The molecular formula is C22H28ClN5O3S. The van der Waals surface area contributed by atoms with Crippen LogP contribution in [0.1, 0.15) is 44.9 Å². The molecule has 0 spiro atoms. The Balaban J connectivity index is 1.16. The van der Waals surface area contributed by atoms with Gasteiger partial charge in [-0.15, -0.1) is 10.2 Å². The van der Waals surface area contributed by atoms with E-state index >= 15 is 0 Å². The van der Waals surface area contributed by atoms with E-state index in [2.05, 4.69) is 20.8 Å². The molecule has 0 unspecified atom stereocenters. The summed E-state index contributed by atoms with van der Waals surface area (Å²) in [4.78, 5) is 26.7. The van der Waals surface area contributed by atoms with E-state index in [-0.39, 0.29) is 23.7 Å². The largest absolute Gasteiger partial charge is 0.411 e. The van der Waals surface area contributed by atoms with Gasteiger partial charge in [0.15, 0.2) is 0 Å². The first-order valence-electron chi connectivity index (χ1n) is 11.1. The van der Waals surface area contributed by atoms with Crippen molar-refractivity contribution in [3.8, 4) is 11.5 Å². The normalized spacial score (nSPS) is 17.8. The number of thioether (sulfide) groups is 1. The highest BCUT2D eigenvalue weighted by molar-refractivity contribution is 7.99. The van der Waals surface area contributed by atoms with Gasteiger partial charge in [-0.05, 0) is 49.9 Å². The summed E-state index contributed by atoms with van der Waals surface area (Å²) in [6.07, 6.45) is 7.35. The van der Waals surface area contributed by atoms with Crippen LogP contribution in [0.25, 0.3) is 11.5 Å². The van der Waals surface area contributed by atoms with Gasteiger partial charge in [0, 0.05) is 35.8 Å². The Morgan fingerprint density at radius 3 is 2.41 bits per heavy atom. The van der Waals surface area contributed by atoms with Crippen LogP contribution in [0.15, 0.2) is 33.9 Å². The van der Waals surface area contributed by atoms with Crippen molar-refractivity contribution in [3.05, 3.63) is 29.3 Å². The molecule has 172 valence electrons. The van der Waals surface area contributed by atoms with E-state index < -0.39 is 0 Å². The maximum atomic E-state index is 12.5. The number of rotatable bonds is 6. The van der Waals surface area contributed by atoms with E-state index in [9.17, 15) is 9.59 Å². The lowest BCUT2D eigenvalue weighted by Crippen LogP contribution is -2.51. The quantitative estimate of drug-likeness (QED) is 0.607. The van der Waals surface area contributed by atoms with Crippen molar-refractivity contribution in [1.82, 2.24) is 25.7 Å². The summed E-state index contributed by atoms with van der Waals surface area (Å²) >= 11 is 7.10. The van der Waals surface area contributed by atoms with Gasteiger partial charge >= 0.3 is 6.03 Å². The van der Waals surface area contributed by atoms with Crippen molar-refractivity contribution in [2.75, 3.05) is 18.8 Å². The minimum atomic E-state index is -0.0775. The summed E-state index contributed by atoms with van der Waals surface area (Å²) in [7, 11) is 0. The van der Waals surface area contributed by atoms with Crippen LogP contribution < -0.4 is 10.6 Å². The lowest BCUT2D eigenvalue weighted by atomic mass is 9.95. The van der Waals surface area contributed by atoms with Gasteiger partial charge in [0.1, 0.15) is 0 Å². The molecule has 0 atom stereocenters. The van der Waals surface area contributed by atoms with Gasteiger partial charge in [0.05, 0.1) is 5.75 Å². The zero-order valence-corrected chi connectivity index (χ0v) is 19.5. The van der Waals surface area contributed by atoms with Crippen molar-refractivity contribution in [2.24, 2.45) is 0 Å². The van der Waals surface area contributed by atoms with Crippen molar-refractivity contribution in [1.29, 1.82) is 0 Å². The number of urea groups is 1. The third-order valence-corrected chi connectivity index (χ3v) is 6.97. The topological polar surface area (TPSA) is 100 Å². The van der Waals surface area contributed by atoms with Gasteiger partial charge < -0.3 is 20.0 Å². The number of benzene rings is 1. The molecule has 10 heteroatoms. The van der Waals surface area contributed by atoms with Gasteiger partial charge in [-0.2, -0.15) is 0 Å². The molecule has 1 aromatic carbocycles. The van der Waals surface area contributed by atoms with Crippen LogP contribution >= 0.6 is 23.4 Å². The molecule has 4 rings (SSSR count). The van der Waals surface area contributed by atoms with Crippen molar-refractivity contribution in [2.45, 2.75) is 62.3 Å². The van der Waals surface area contributed by atoms with Crippen LogP contribution in [-0.4, -0.2) is 58.0 Å². The van der Waals surface area contributed by atoms with Gasteiger partial charge in [0.25, 0.3) is 5.22 Å². The number of piperidine rings is 1. The van der Waals surface area contributed by atoms with E-state index in [0.29, 0.717) is 35.3 Å². The smallest absolute Gasteiger partial charge is 0.317 e. The molecule has 32 heavy (non-hydrogen) atoms. The van der Waals surface area contributed by atoms with E-state index in [1.807, 2.05) is 4.90 Å². The molecule has 2 aliphatic rings. The summed E-state index contributed by atoms with van der Waals surface area (Å²) in [5.41, 5.74) is 0.775. The molecule has 1 saturated heterocycles. The maximum absolute atomic E-state index is 12.5. The molecule has 3 amide bonds. The lowest BCUT2D eigenvalue weighted by Gasteiger charge is -2.34. The highest BCUT2D eigenvalue weighted by Gasteiger charge is 2.26. The van der Waals surface area contributed by atoms with Crippen molar-refractivity contribution in [3.63, 3.8) is 0 Å². The average Bonchev–Trinajstić information content (AvgIpc) is 3.28. The molecular weight excluding hydrogens is 450 g/mol. The number of carbonyl (C=O) groups excluding carboxylic acids is 2. The summed E-state index contributed by atoms with van der Waals surface area (Å²) in [5.74, 6) is 0.514. The molecule has 1 aliphatic heterocycles. The molecule has 0 bridgehead atoms. The molecule has 1 aromatic heterocycles. The standard InChI is InChI=1S/C22H28ClN5O3S/c23-16-8-6-15(7-9-16)20-26-27-22(31-20)32-14-19(29)24-18-10-12-28(13-11-18)21(30)25-17-4-2-1-3-5-17/h6-9,17-18H,1-5,10-14H2,(H,24,29)(H,25,30). The third-order valence-electron chi connectivity index (χ3n) is 5.90. The fourth-order valence-electron chi connectivity index (χ4n) is 4.11. The Morgan fingerprint density at radius 2 is 1.69 bits per heavy atom. The minimum Gasteiger partial charge on any atom is -0.411 e. The molecule has 0 radical (unpaired) electrons. The molecule has 2 heterocycles. The highest BCUT2D eigenvalue weighted by Crippen LogP contribution is 2.24. The fraction of sp³-hybridized carbons (Fsp3) is 0.545. The zero-order valence-electron chi connectivity index (χ0n) is 17.9. The highest BCUT2D eigenvalue weighted by atomic mass is 35.5. The van der Waals surface area contributed by atoms with Crippen LogP contribution in [0.4, 0.5) is 4.79 Å². The number of halogens is 1. The van der Waals surface area contributed by atoms with Gasteiger partial charge in [-0.3, -0.25) is 4.79 Å². The monoisotopic (exact) mass is 477 g/mol. The number of hydrogen-bond acceptors (Lipinski definition) is 6. The Morgan fingerprint density at radius 1 is 1.00 bits per heavy atom. The summed E-state index contributed by atoms with van der Waals surface area (Å²) in [5, 5.41) is 15.2. The number of likely N-dealkylation sites (tertiary alicyclic amines) is 1. The SMILES string of the molecule is O=C(CSc1nnc(-c2ccc(Cl)cc2)o1)NC1CCN(C(=O)NC2CCCCC2)CC1. The third kappa shape index (κ3) is 6.38. The fourth-order valence-corrected chi connectivity index (χ4v) is 4.81. The van der Waals surface area contributed by atoms with Crippen LogP contribution in [0.2, 0.25) is 5.02 Å². The number of aromatic nitrogens is 2. The second-order valence-corrected chi connectivity index (χ2v) is 9.64. The first-order valence-corrected chi connectivity index (χ1v) is 12.5. The number of nitrogens with zero attached hydrogens (tertiary/aromatic N) is 3. The van der Waals surface area contributed by atoms with E-state index in [0.717, 1.165) is 31.2 Å². The lowest BCUT2D eigenvalue weighted by molar-refractivity contribution is -0.119. The van der Waals surface area contributed by atoms with E-state index in [1.54, 1.807) is 24.3 Å². The molecule has 1 saturated carbocycles. The van der Waals surface area contributed by atoms with E-state index in [1.165, 1.54) is 31.0 Å². The number of nitrogens with one attached hydrogen (secondary N) is 2. The first kappa shape index (κ1) is 22.9. The van der Waals surface area contributed by atoms with Crippen LogP contribution in [-0.2, 0) is 4.79 Å². The Kier molecular flexibility index (Phi) is 7.91. The molecule has 8 nitrogen and oxygen atoms in total. The first-order chi connectivity index (χ1) is 15.6.